The molecule has 1 saturated heterocycles. The number of aryl methyl sites for hydroxylation is 1. The molecule has 4 aromatic rings. The van der Waals surface area contributed by atoms with Crippen LogP contribution in [0.1, 0.15) is 49.6 Å². The van der Waals surface area contributed by atoms with Crippen molar-refractivity contribution in [3.8, 4) is 11.1 Å². The largest absolute Gasteiger partial charge is 0.344 e. The number of carbonyl (C=O) groups is 1. The first-order valence-corrected chi connectivity index (χ1v) is 16.3. The third kappa shape index (κ3) is 5.34. The van der Waals surface area contributed by atoms with Crippen LogP contribution < -0.4 is 4.90 Å². The monoisotopic (exact) mass is 586 g/mol. The van der Waals surface area contributed by atoms with Crippen LogP contribution in [0.15, 0.2) is 83.8 Å². The van der Waals surface area contributed by atoms with E-state index in [0.717, 1.165) is 27.6 Å². The second-order valence-electron chi connectivity index (χ2n) is 11.2. The van der Waals surface area contributed by atoms with Gasteiger partial charge in [-0.3, -0.25) is 4.79 Å². The summed E-state index contributed by atoms with van der Waals surface area (Å²) >= 11 is 1.36. The number of sulfonamides is 1. The van der Waals surface area contributed by atoms with Crippen LogP contribution in [0.25, 0.3) is 11.1 Å². The molecule has 7 nitrogen and oxygen atoms in total. The summed E-state index contributed by atoms with van der Waals surface area (Å²) in [5.74, 6) is 1.07. The van der Waals surface area contributed by atoms with Crippen LogP contribution in [0.3, 0.4) is 0 Å². The van der Waals surface area contributed by atoms with Crippen molar-refractivity contribution in [3.05, 3.63) is 95.8 Å². The zero-order valence-electron chi connectivity index (χ0n) is 23.4. The summed E-state index contributed by atoms with van der Waals surface area (Å²) in [7, 11) is -3.64. The van der Waals surface area contributed by atoms with E-state index >= 15 is 0 Å². The van der Waals surface area contributed by atoms with E-state index in [1.165, 1.54) is 17.1 Å². The first kappa shape index (κ1) is 27.8. The van der Waals surface area contributed by atoms with Gasteiger partial charge in [-0.2, -0.15) is 8.68 Å². The first-order chi connectivity index (χ1) is 19.8. The quantitative estimate of drug-likeness (QED) is 0.282. The van der Waals surface area contributed by atoms with Gasteiger partial charge < -0.3 is 4.90 Å². The maximum atomic E-state index is 13.6. The Kier molecular flexibility index (Phi) is 7.52. The number of benzene rings is 3. The average Bonchev–Trinajstić information content (AvgIpc) is 3.50. The first-order valence-electron chi connectivity index (χ1n) is 14.1. The van der Waals surface area contributed by atoms with Crippen LogP contribution in [0.4, 0.5) is 5.13 Å². The summed E-state index contributed by atoms with van der Waals surface area (Å²) in [6.45, 7) is 5.44. The molecule has 3 aromatic carbocycles. The molecular formula is C32H34N4O3S2. The maximum Gasteiger partial charge on any atom is 0.243 e. The summed E-state index contributed by atoms with van der Waals surface area (Å²) in [5, 5.41) is 0.804. The van der Waals surface area contributed by atoms with Crippen molar-refractivity contribution in [3.63, 3.8) is 0 Å². The number of piperazine rings is 1. The molecule has 1 atom stereocenters. The Morgan fingerprint density at radius 2 is 1.51 bits per heavy atom. The topological polar surface area (TPSA) is 83.5 Å². The van der Waals surface area contributed by atoms with Gasteiger partial charge in [0.1, 0.15) is 5.78 Å². The minimum Gasteiger partial charge on any atom is -0.344 e. The number of anilines is 1. The van der Waals surface area contributed by atoms with Gasteiger partial charge in [-0.15, -0.1) is 0 Å². The van der Waals surface area contributed by atoms with Crippen LogP contribution in [0.2, 0.25) is 0 Å². The summed E-state index contributed by atoms with van der Waals surface area (Å²) in [4.78, 5) is 19.6. The Hall–Kier alpha value is -3.40. The Balaban J connectivity index is 1.18. The van der Waals surface area contributed by atoms with Crippen molar-refractivity contribution < 1.29 is 13.2 Å². The van der Waals surface area contributed by atoms with Crippen LogP contribution in [0.5, 0.6) is 0 Å². The summed E-state index contributed by atoms with van der Waals surface area (Å²) < 4.78 is 33.7. The Morgan fingerprint density at radius 3 is 2.15 bits per heavy atom. The van der Waals surface area contributed by atoms with Gasteiger partial charge >= 0.3 is 0 Å². The van der Waals surface area contributed by atoms with Crippen molar-refractivity contribution in [1.82, 2.24) is 13.7 Å². The smallest absolute Gasteiger partial charge is 0.243 e. The van der Waals surface area contributed by atoms with Crippen LogP contribution in [0, 0.1) is 6.92 Å². The molecule has 2 heterocycles. The molecule has 1 aliphatic heterocycles. The van der Waals surface area contributed by atoms with E-state index in [4.69, 9.17) is 9.36 Å². The molecule has 41 heavy (non-hydrogen) atoms. The Labute approximate surface area is 246 Å². The second-order valence-corrected chi connectivity index (χ2v) is 13.8. The fraction of sp³-hybridized carbons (Fsp3) is 0.344. The van der Waals surface area contributed by atoms with Crippen LogP contribution >= 0.6 is 11.5 Å². The summed E-state index contributed by atoms with van der Waals surface area (Å²) in [5.41, 5.74) is 4.02. The zero-order valence-corrected chi connectivity index (χ0v) is 25.0. The van der Waals surface area contributed by atoms with Gasteiger partial charge in [0.05, 0.1) is 10.3 Å². The average molecular weight is 587 g/mol. The number of hydrogen-bond donors (Lipinski definition) is 0. The molecule has 212 valence electrons. The molecule has 9 heteroatoms. The molecule has 0 amide bonds. The van der Waals surface area contributed by atoms with Crippen LogP contribution in [-0.4, -0.2) is 53.5 Å². The fourth-order valence-electron chi connectivity index (χ4n) is 6.07. The van der Waals surface area contributed by atoms with Gasteiger partial charge in [0.25, 0.3) is 0 Å². The van der Waals surface area contributed by atoms with Gasteiger partial charge in [-0.1, -0.05) is 72.3 Å². The molecule has 0 N–H and O–H groups in total. The number of nitrogens with zero attached hydrogens (tertiary/aromatic N) is 4. The van der Waals surface area contributed by atoms with E-state index in [1.54, 1.807) is 16.4 Å². The highest BCUT2D eigenvalue weighted by Crippen LogP contribution is 2.44. The fourth-order valence-corrected chi connectivity index (χ4v) is 8.47. The van der Waals surface area contributed by atoms with E-state index in [1.807, 2.05) is 44.2 Å². The molecule has 1 aromatic heterocycles. The van der Waals surface area contributed by atoms with E-state index in [9.17, 15) is 13.2 Å². The van der Waals surface area contributed by atoms with E-state index in [2.05, 4.69) is 41.3 Å². The lowest BCUT2D eigenvalue weighted by Crippen LogP contribution is -2.54. The molecule has 2 fully saturated rings. The lowest BCUT2D eigenvalue weighted by Gasteiger charge is -2.38. The Bertz CT molecular complexity index is 1620. The van der Waals surface area contributed by atoms with Gasteiger partial charge in [0.2, 0.25) is 15.2 Å². The second kappa shape index (κ2) is 11.1. The number of ketones is 1. The maximum absolute atomic E-state index is 13.6. The molecular weight excluding hydrogens is 553 g/mol. The third-order valence-electron chi connectivity index (χ3n) is 8.51. The molecule has 1 aliphatic carbocycles. The SMILES string of the molecule is Cc1ccc(-c2ccc(S(=O)(=O)N3CCN(c4nc(C5(c6ccccc6)CCC(=O)CC5)ns4)CC3C)cc2)cc1. The van der Waals surface area contributed by atoms with Crippen molar-refractivity contribution >= 4 is 32.5 Å². The minimum atomic E-state index is -3.64. The lowest BCUT2D eigenvalue weighted by molar-refractivity contribution is -0.121. The van der Waals surface area contributed by atoms with E-state index in [-0.39, 0.29) is 11.5 Å². The molecule has 1 unspecified atom stereocenters. The van der Waals surface area contributed by atoms with Crippen molar-refractivity contribution in [2.24, 2.45) is 0 Å². The zero-order chi connectivity index (χ0) is 28.6. The highest BCUT2D eigenvalue weighted by Gasteiger charge is 2.42. The highest BCUT2D eigenvalue weighted by atomic mass is 32.2. The number of rotatable bonds is 6. The molecule has 1 saturated carbocycles. The predicted molar refractivity (Wildman–Crippen MR) is 163 cm³/mol. The van der Waals surface area contributed by atoms with Gasteiger partial charge in [-0.25, -0.2) is 13.4 Å². The normalized spacial score (nSPS) is 19.8. The number of carbonyl (C=O) groups excluding carboxylic acids is 1. The third-order valence-corrected chi connectivity index (χ3v) is 11.3. The molecule has 0 radical (unpaired) electrons. The van der Waals surface area contributed by atoms with Gasteiger partial charge in [0, 0.05) is 50.1 Å². The van der Waals surface area contributed by atoms with Gasteiger partial charge in [0.15, 0.2) is 5.82 Å². The van der Waals surface area contributed by atoms with Gasteiger partial charge in [-0.05, 0) is 55.5 Å². The standard InChI is InChI=1S/C32H34N4O3S2/c1-23-8-10-25(11-9-23)26-12-14-29(15-13-26)41(38,39)36-21-20-35(22-24(36)2)31-33-30(34-40-31)32(18-16-28(37)17-19-32)27-6-4-3-5-7-27/h3-15,24H,16-22H2,1-2H3. The van der Waals surface area contributed by atoms with Crippen molar-refractivity contribution in [1.29, 1.82) is 0 Å². The van der Waals surface area contributed by atoms with Crippen molar-refractivity contribution in [2.75, 3.05) is 24.5 Å². The van der Waals surface area contributed by atoms with E-state index in [0.29, 0.717) is 56.0 Å². The lowest BCUT2D eigenvalue weighted by atomic mass is 9.68. The highest BCUT2D eigenvalue weighted by molar-refractivity contribution is 7.89. The number of aromatic nitrogens is 2. The van der Waals surface area contributed by atoms with Crippen molar-refractivity contribution in [2.45, 2.75) is 55.9 Å². The predicted octanol–water partition coefficient (Wildman–Crippen LogP) is 5.84. The number of hydrogen-bond acceptors (Lipinski definition) is 7. The Morgan fingerprint density at radius 1 is 0.878 bits per heavy atom. The molecule has 0 bridgehead atoms. The van der Waals surface area contributed by atoms with Crippen LogP contribution in [-0.2, 0) is 20.2 Å². The molecule has 6 rings (SSSR count). The summed E-state index contributed by atoms with van der Waals surface area (Å²) in [6, 6.07) is 25.4. The summed E-state index contributed by atoms with van der Waals surface area (Å²) in [6.07, 6.45) is 2.47. The van der Waals surface area contributed by atoms with E-state index < -0.39 is 10.0 Å². The molecule has 0 spiro atoms. The molecule has 2 aliphatic rings. The number of Topliss-reactive ketones (excluding diaryl/α,β-unsaturated/α-hetero) is 1. The minimum absolute atomic E-state index is 0.228.